The maximum atomic E-state index is 12.8. The largest absolute Gasteiger partial charge is 0.468 e. The van der Waals surface area contributed by atoms with Gasteiger partial charge in [0.05, 0.1) is 19.8 Å². The highest BCUT2D eigenvalue weighted by atomic mass is 16.5. The van der Waals surface area contributed by atoms with Crippen molar-refractivity contribution in [2.75, 3.05) is 13.7 Å². The van der Waals surface area contributed by atoms with Crippen molar-refractivity contribution in [2.24, 2.45) is 11.3 Å². The van der Waals surface area contributed by atoms with Gasteiger partial charge in [0, 0.05) is 21.8 Å². The van der Waals surface area contributed by atoms with Crippen LogP contribution in [-0.2, 0) is 21.4 Å². The van der Waals surface area contributed by atoms with Crippen molar-refractivity contribution in [3.63, 3.8) is 0 Å². The van der Waals surface area contributed by atoms with Gasteiger partial charge >= 0.3 is 5.97 Å². The molecule has 29 heavy (non-hydrogen) atoms. The molecule has 152 valence electrons. The minimum Gasteiger partial charge on any atom is -0.468 e. The molecule has 0 spiro atoms. The number of hydrogen-bond acceptors (Lipinski definition) is 4. The number of aryl methyl sites for hydroxylation is 1. The molecular formula is C24H27NO4. The van der Waals surface area contributed by atoms with E-state index >= 15 is 0 Å². The van der Waals surface area contributed by atoms with Crippen molar-refractivity contribution < 1.29 is 19.7 Å². The summed E-state index contributed by atoms with van der Waals surface area (Å²) in [6.07, 6.45) is 1.90. The predicted molar refractivity (Wildman–Crippen MR) is 112 cm³/mol. The molecule has 2 aliphatic carbocycles. The van der Waals surface area contributed by atoms with Crippen LogP contribution in [0, 0.1) is 11.3 Å². The minimum absolute atomic E-state index is 0.175. The zero-order chi connectivity index (χ0) is 20.4. The van der Waals surface area contributed by atoms with Crippen molar-refractivity contribution in [2.45, 2.75) is 44.1 Å². The van der Waals surface area contributed by atoms with Crippen LogP contribution in [0.2, 0.25) is 0 Å². The Morgan fingerprint density at radius 2 is 2.00 bits per heavy atom. The number of esters is 1. The summed E-state index contributed by atoms with van der Waals surface area (Å²) in [6, 6.07) is 12.8. The van der Waals surface area contributed by atoms with Crippen LogP contribution < -0.4 is 0 Å². The Morgan fingerprint density at radius 1 is 1.21 bits per heavy atom. The van der Waals surface area contributed by atoms with Gasteiger partial charge in [0.1, 0.15) is 5.41 Å². The number of methoxy groups -OCH3 is 1. The SMILES string of the molecule is COC(=O)C1(CO)[C@@H]2CCc3cc4[nH]c5ccccc5c4cc3C2(C)CC[C@@H]1O. The molecule has 1 heterocycles. The Hall–Kier alpha value is -2.37. The Kier molecular flexibility index (Phi) is 4.06. The fourth-order valence-corrected chi connectivity index (χ4v) is 6.30. The fourth-order valence-electron chi connectivity index (χ4n) is 6.30. The summed E-state index contributed by atoms with van der Waals surface area (Å²) < 4.78 is 5.09. The summed E-state index contributed by atoms with van der Waals surface area (Å²) in [5.41, 5.74) is 3.19. The molecule has 4 atom stereocenters. The first-order valence-electron chi connectivity index (χ1n) is 10.4. The van der Waals surface area contributed by atoms with E-state index in [1.54, 1.807) is 0 Å². The number of ether oxygens (including phenoxy) is 1. The van der Waals surface area contributed by atoms with E-state index in [0.717, 1.165) is 30.3 Å². The first-order valence-corrected chi connectivity index (χ1v) is 10.4. The highest BCUT2D eigenvalue weighted by Gasteiger charge is 2.62. The number of aliphatic hydroxyl groups excluding tert-OH is 2. The van der Waals surface area contributed by atoms with Gasteiger partial charge in [0.15, 0.2) is 0 Å². The Balaban J connectivity index is 1.73. The molecule has 5 nitrogen and oxygen atoms in total. The third kappa shape index (κ3) is 2.31. The monoisotopic (exact) mass is 393 g/mol. The van der Waals surface area contributed by atoms with Crippen LogP contribution in [0.3, 0.4) is 0 Å². The summed E-state index contributed by atoms with van der Waals surface area (Å²) in [7, 11) is 1.34. The number of fused-ring (bicyclic) bond motifs is 6. The van der Waals surface area contributed by atoms with Gasteiger partial charge in [-0.15, -0.1) is 0 Å². The second-order valence-corrected chi connectivity index (χ2v) is 8.98. The van der Waals surface area contributed by atoms with Gasteiger partial charge in [-0.25, -0.2) is 0 Å². The predicted octanol–water partition coefficient (Wildman–Crippen LogP) is 3.45. The van der Waals surface area contributed by atoms with Crippen molar-refractivity contribution in [1.29, 1.82) is 0 Å². The number of para-hydroxylation sites is 1. The molecule has 0 saturated heterocycles. The van der Waals surface area contributed by atoms with Crippen LogP contribution in [0.25, 0.3) is 21.8 Å². The molecule has 1 aromatic heterocycles. The van der Waals surface area contributed by atoms with Gasteiger partial charge in [-0.2, -0.15) is 0 Å². The average molecular weight is 393 g/mol. The molecule has 0 bridgehead atoms. The topological polar surface area (TPSA) is 82.5 Å². The molecule has 2 aromatic carbocycles. The van der Waals surface area contributed by atoms with Crippen LogP contribution >= 0.6 is 0 Å². The summed E-state index contributed by atoms with van der Waals surface area (Å²) in [4.78, 5) is 16.4. The summed E-state index contributed by atoms with van der Waals surface area (Å²) in [6.45, 7) is 1.79. The molecule has 1 fully saturated rings. The van der Waals surface area contributed by atoms with Gasteiger partial charge in [-0.3, -0.25) is 4.79 Å². The lowest BCUT2D eigenvalue weighted by molar-refractivity contribution is -0.185. The summed E-state index contributed by atoms with van der Waals surface area (Å²) >= 11 is 0. The highest BCUT2D eigenvalue weighted by molar-refractivity contribution is 6.07. The van der Waals surface area contributed by atoms with Crippen molar-refractivity contribution in [3.8, 4) is 0 Å². The number of aromatic nitrogens is 1. The van der Waals surface area contributed by atoms with E-state index in [1.807, 2.05) is 12.1 Å². The smallest absolute Gasteiger partial charge is 0.317 e. The first-order chi connectivity index (χ1) is 14.0. The van der Waals surface area contributed by atoms with Crippen LogP contribution in [0.1, 0.15) is 37.3 Å². The molecule has 0 radical (unpaired) electrons. The number of benzene rings is 2. The standard InChI is InChI=1S/C24H27NO4/c1-23-10-9-21(27)24(13-26,22(28)29-2)20(23)8-7-14-11-19-16(12-17(14)23)15-5-3-4-6-18(15)25-19/h3-6,11-12,20-21,25-27H,7-10,13H2,1-2H3/t20-,21+,23?,24?/m1/s1. The van der Waals surface area contributed by atoms with Crippen LogP contribution in [0.5, 0.6) is 0 Å². The van der Waals surface area contributed by atoms with E-state index in [-0.39, 0.29) is 11.3 Å². The zero-order valence-electron chi connectivity index (χ0n) is 16.9. The third-order valence-electron chi connectivity index (χ3n) is 7.80. The molecule has 3 aromatic rings. The van der Waals surface area contributed by atoms with E-state index < -0.39 is 24.1 Å². The molecule has 3 N–H and O–H groups in total. The fraction of sp³-hybridized carbons (Fsp3) is 0.458. The summed E-state index contributed by atoms with van der Waals surface area (Å²) in [5.74, 6) is -0.675. The highest BCUT2D eigenvalue weighted by Crippen LogP contribution is 2.58. The van der Waals surface area contributed by atoms with Gasteiger partial charge in [-0.05, 0) is 66.3 Å². The average Bonchev–Trinajstić information content (AvgIpc) is 3.10. The van der Waals surface area contributed by atoms with Crippen LogP contribution in [0.4, 0.5) is 0 Å². The minimum atomic E-state index is -1.27. The molecule has 2 unspecified atom stereocenters. The molecule has 2 aliphatic rings. The number of carbonyl (C=O) groups is 1. The second-order valence-electron chi connectivity index (χ2n) is 8.98. The normalized spacial score (nSPS) is 31.4. The number of carbonyl (C=O) groups excluding carboxylic acids is 1. The number of aromatic amines is 1. The lowest BCUT2D eigenvalue weighted by Crippen LogP contribution is -2.62. The molecule has 0 amide bonds. The Labute approximate surface area is 169 Å². The van der Waals surface area contributed by atoms with E-state index in [9.17, 15) is 15.0 Å². The first kappa shape index (κ1) is 18.6. The quantitative estimate of drug-likeness (QED) is 0.583. The molecule has 1 saturated carbocycles. The van der Waals surface area contributed by atoms with E-state index in [0.29, 0.717) is 6.42 Å². The third-order valence-corrected chi connectivity index (χ3v) is 7.80. The molecular weight excluding hydrogens is 366 g/mol. The van der Waals surface area contributed by atoms with Crippen molar-refractivity contribution in [3.05, 3.63) is 47.5 Å². The summed E-state index contributed by atoms with van der Waals surface area (Å²) in [5, 5.41) is 23.5. The van der Waals surface area contributed by atoms with Gasteiger partial charge < -0.3 is 19.9 Å². The number of nitrogens with one attached hydrogen (secondary N) is 1. The van der Waals surface area contributed by atoms with Crippen LogP contribution in [-0.4, -0.2) is 41.0 Å². The Bertz CT molecular complexity index is 1120. The maximum absolute atomic E-state index is 12.8. The molecule has 5 rings (SSSR count). The number of H-pyrrole nitrogens is 1. The number of aliphatic hydroxyl groups is 2. The Morgan fingerprint density at radius 3 is 2.76 bits per heavy atom. The van der Waals surface area contributed by atoms with Gasteiger partial charge in [0.25, 0.3) is 0 Å². The van der Waals surface area contributed by atoms with E-state index in [1.165, 1.54) is 29.0 Å². The lowest BCUT2D eigenvalue weighted by Gasteiger charge is -2.56. The van der Waals surface area contributed by atoms with Gasteiger partial charge in [0.2, 0.25) is 0 Å². The molecule has 0 aliphatic heterocycles. The van der Waals surface area contributed by atoms with E-state index in [4.69, 9.17) is 4.74 Å². The lowest BCUT2D eigenvalue weighted by atomic mass is 9.48. The van der Waals surface area contributed by atoms with Crippen LogP contribution in [0.15, 0.2) is 36.4 Å². The van der Waals surface area contributed by atoms with Gasteiger partial charge in [-0.1, -0.05) is 25.1 Å². The molecule has 5 heteroatoms. The number of rotatable bonds is 2. The zero-order valence-corrected chi connectivity index (χ0v) is 16.9. The maximum Gasteiger partial charge on any atom is 0.317 e. The van der Waals surface area contributed by atoms with Crippen molar-refractivity contribution >= 4 is 27.8 Å². The number of hydrogen-bond donors (Lipinski definition) is 3. The van der Waals surface area contributed by atoms with Crippen molar-refractivity contribution in [1.82, 2.24) is 4.98 Å². The second kappa shape index (κ2) is 6.31. The van der Waals surface area contributed by atoms with E-state index in [2.05, 4.69) is 36.2 Å².